The molecule has 7 heteroatoms. The summed E-state index contributed by atoms with van der Waals surface area (Å²) >= 11 is 0. The molecule has 1 aliphatic heterocycles. The molecule has 0 bridgehead atoms. The minimum Gasteiger partial charge on any atom is -0.370 e. The number of hydrogen-bond donors (Lipinski definition) is 1. The molecule has 1 aromatic heterocycles. The number of aromatic nitrogens is 4. The van der Waals surface area contributed by atoms with E-state index < -0.39 is 0 Å². The standard InChI is InChI=1S/C22H26N6O/c23-21(29)13-10-17-5-4-14-27(15-17)22-24-25-26-28(22)16-18-8-11-20(12-9-18)19-6-2-1-3-7-19/h1-3,6-9,11-12,17H,4-5,10,13-16H2,(H2,23,29). The van der Waals surface area contributed by atoms with Gasteiger partial charge in [-0.15, -0.1) is 0 Å². The zero-order chi connectivity index (χ0) is 20.1. The molecular formula is C22H26N6O. The van der Waals surface area contributed by atoms with Gasteiger partial charge in [0.1, 0.15) is 0 Å². The van der Waals surface area contributed by atoms with Gasteiger partial charge in [0.25, 0.3) is 0 Å². The number of hydrogen-bond acceptors (Lipinski definition) is 5. The van der Waals surface area contributed by atoms with Crippen LogP contribution in [0.1, 0.15) is 31.2 Å². The van der Waals surface area contributed by atoms with Crippen LogP contribution in [0.15, 0.2) is 54.6 Å². The molecule has 2 N–H and O–H groups in total. The van der Waals surface area contributed by atoms with Crippen molar-refractivity contribution in [3.8, 4) is 11.1 Å². The second-order valence-corrected chi connectivity index (χ2v) is 7.66. The highest BCUT2D eigenvalue weighted by Gasteiger charge is 2.24. The highest BCUT2D eigenvalue weighted by atomic mass is 16.1. The van der Waals surface area contributed by atoms with E-state index in [9.17, 15) is 4.79 Å². The zero-order valence-electron chi connectivity index (χ0n) is 16.4. The molecule has 7 nitrogen and oxygen atoms in total. The summed E-state index contributed by atoms with van der Waals surface area (Å²) in [6.07, 6.45) is 3.46. The minimum atomic E-state index is -0.231. The van der Waals surface area contributed by atoms with Gasteiger partial charge in [-0.2, -0.15) is 0 Å². The monoisotopic (exact) mass is 390 g/mol. The maximum atomic E-state index is 11.1. The van der Waals surface area contributed by atoms with Crippen molar-refractivity contribution in [2.24, 2.45) is 11.7 Å². The van der Waals surface area contributed by atoms with Gasteiger partial charge in [-0.05, 0) is 52.3 Å². The molecule has 29 heavy (non-hydrogen) atoms. The molecule has 1 fully saturated rings. The van der Waals surface area contributed by atoms with Crippen LogP contribution in [0.2, 0.25) is 0 Å². The van der Waals surface area contributed by atoms with E-state index in [0.29, 0.717) is 18.9 Å². The van der Waals surface area contributed by atoms with Crippen molar-refractivity contribution in [1.29, 1.82) is 0 Å². The first-order chi connectivity index (χ1) is 14.2. The highest BCUT2D eigenvalue weighted by Crippen LogP contribution is 2.25. The molecule has 0 radical (unpaired) electrons. The van der Waals surface area contributed by atoms with Crippen molar-refractivity contribution in [2.45, 2.75) is 32.2 Å². The van der Waals surface area contributed by atoms with Gasteiger partial charge in [-0.1, -0.05) is 59.7 Å². The molecule has 1 aliphatic rings. The van der Waals surface area contributed by atoms with E-state index >= 15 is 0 Å². The maximum Gasteiger partial charge on any atom is 0.245 e. The first-order valence-corrected chi connectivity index (χ1v) is 10.1. The second kappa shape index (κ2) is 8.86. The molecule has 2 aromatic carbocycles. The summed E-state index contributed by atoms with van der Waals surface area (Å²) in [5.41, 5.74) is 8.86. The Hall–Kier alpha value is -3.22. The van der Waals surface area contributed by atoms with Crippen LogP contribution in [0.5, 0.6) is 0 Å². The van der Waals surface area contributed by atoms with E-state index in [-0.39, 0.29) is 5.91 Å². The van der Waals surface area contributed by atoms with Gasteiger partial charge >= 0.3 is 0 Å². The fourth-order valence-corrected chi connectivity index (χ4v) is 3.96. The topological polar surface area (TPSA) is 89.9 Å². The van der Waals surface area contributed by atoms with Crippen LogP contribution in [0.4, 0.5) is 5.95 Å². The molecule has 1 amide bonds. The molecule has 150 valence electrons. The van der Waals surface area contributed by atoms with Crippen molar-refractivity contribution < 1.29 is 4.79 Å². The van der Waals surface area contributed by atoms with Gasteiger partial charge in [0, 0.05) is 19.5 Å². The molecule has 2 heterocycles. The maximum absolute atomic E-state index is 11.1. The minimum absolute atomic E-state index is 0.231. The van der Waals surface area contributed by atoms with E-state index in [4.69, 9.17) is 5.73 Å². The van der Waals surface area contributed by atoms with Gasteiger partial charge in [0.15, 0.2) is 0 Å². The second-order valence-electron chi connectivity index (χ2n) is 7.66. The molecular weight excluding hydrogens is 364 g/mol. The van der Waals surface area contributed by atoms with E-state index in [1.165, 1.54) is 11.1 Å². The Morgan fingerprint density at radius 2 is 1.83 bits per heavy atom. The molecule has 1 atom stereocenters. The Labute approximate surface area is 170 Å². The number of anilines is 1. The predicted octanol–water partition coefficient (Wildman–Crippen LogP) is 2.87. The van der Waals surface area contributed by atoms with Crippen molar-refractivity contribution in [3.63, 3.8) is 0 Å². The van der Waals surface area contributed by atoms with Crippen LogP contribution in [0, 0.1) is 5.92 Å². The average molecular weight is 390 g/mol. The summed E-state index contributed by atoms with van der Waals surface area (Å²) in [7, 11) is 0. The number of amides is 1. The predicted molar refractivity (Wildman–Crippen MR) is 112 cm³/mol. The Morgan fingerprint density at radius 3 is 2.59 bits per heavy atom. The number of carbonyl (C=O) groups is 1. The molecule has 4 rings (SSSR count). The van der Waals surface area contributed by atoms with Crippen molar-refractivity contribution in [2.75, 3.05) is 18.0 Å². The zero-order valence-corrected chi connectivity index (χ0v) is 16.4. The van der Waals surface area contributed by atoms with Gasteiger partial charge in [-0.25, -0.2) is 4.68 Å². The van der Waals surface area contributed by atoms with Gasteiger partial charge in [0.05, 0.1) is 6.54 Å². The normalized spacial score (nSPS) is 16.7. The molecule has 0 aliphatic carbocycles. The number of piperidine rings is 1. The third-order valence-electron chi connectivity index (χ3n) is 5.51. The Balaban J connectivity index is 1.43. The van der Waals surface area contributed by atoms with Crippen LogP contribution in [-0.2, 0) is 11.3 Å². The molecule has 1 saturated heterocycles. The summed E-state index contributed by atoms with van der Waals surface area (Å²) in [5.74, 6) is 1.01. The summed E-state index contributed by atoms with van der Waals surface area (Å²) < 4.78 is 1.86. The molecule has 3 aromatic rings. The molecule has 0 spiro atoms. The largest absolute Gasteiger partial charge is 0.370 e. The van der Waals surface area contributed by atoms with E-state index in [1.807, 2.05) is 22.9 Å². The SMILES string of the molecule is NC(=O)CCC1CCCN(c2nnnn2Cc2ccc(-c3ccccc3)cc2)C1. The van der Waals surface area contributed by atoms with Gasteiger partial charge in [0.2, 0.25) is 11.9 Å². The summed E-state index contributed by atoms with van der Waals surface area (Å²) in [4.78, 5) is 13.3. The van der Waals surface area contributed by atoms with Crippen molar-refractivity contribution in [1.82, 2.24) is 20.2 Å². The fraction of sp³-hybridized carbons (Fsp3) is 0.364. The molecule has 1 unspecified atom stereocenters. The lowest BCUT2D eigenvalue weighted by Gasteiger charge is -2.32. The quantitative estimate of drug-likeness (QED) is 0.670. The van der Waals surface area contributed by atoms with Gasteiger partial charge in [-0.3, -0.25) is 4.79 Å². The third kappa shape index (κ3) is 4.80. The number of tetrazole rings is 1. The first-order valence-electron chi connectivity index (χ1n) is 10.1. The van der Waals surface area contributed by atoms with Crippen LogP contribution in [0.25, 0.3) is 11.1 Å². The number of primary amides is 1. The summed E-state index contributed by atoms with van der Waals surface area (Å²) in [6.45, 7) is 2.42. The highest BCUT2D eigenvalue weighted by molar-refractivity contribution is 5.73. The van der Waals surface area contributed by atoms with Crippen LogP contribution >= 0.6 is 0 Å². The van der Waals surface area contributed by atoms with Crippen LogP contribution < -0.4 is 10.6 Å². The van der Waals surface area contributed by atoms with Crippen molar-refractivity contribution >= 4 is 11.9 Å². The third-order valence-corrected chi connectivity index (χ3v) is 5.51. The van der Waals surface area contributed by atoms with E-state index in [1.54, 1.807) is 0 Å². The summed E-state index contributed by atoms with van der Waals surface area (Å²) in [5, 5.41) is 12.4. The lowest BCUT2D eigenvalue weighted by Crippen LogP contribution is -2.37. The lowest BCUT2D eigenvalue weighted by molar-refractivity contribution is -0.118. The number of rotatable bonds is 7. The Morgan fingerprint density at radius 1 is 1.07 bits per heavy atom. The van der Waals surface area contributed by atoms with E-state index in [2.05, 4.69) is 56.8 Å². The number of nitrogens with zero attached hydrogens (tertiary/aromatic N) is 5. The van der Waals surface area contributed by atoms with Crippen molar-refractivity contribution in [3.05, 3.63) is 60.2 Å². The number of benzene rings is 2. The lowest BCUT2D eigenvalue weighted by atomic mass is 9.93. The van der Waals surface area contributed by atoms with Crippen LogP contribution in [0.3, 0.4) is 0 Å². The fourth-order valence-electron chi connectivity index (χ4n) is 3.96. The smallest absolute Gasteiger partial charge is 0.245 e. The average Bonchev–Trinajstić information content (AvgIpc) is 3.22. The molecule has 0 saturated carbocycles. The Kier molecular flexibility index (Phi) is 5.84. The number of carbonyl (C=O) groups excluding carboxylic acids is 1. The first kappa shape index (κ1) is 19.1. The number of nitrogens with two attached hydrogens (primary N) is 1. The Bertz CT molecular complexity index is 937. The van der Waals surface area contributed by atoms with E-state index in [0.717, 1.165) is 43.9 Å². The summed E-state index contributed by atoms with van der Waals surface area (Å²) in [6, 6.07) is 18.9. The van der Waals surface area contributed by atoms with Gasteiger partial charge < -0.3 is 10.6 Å². The van der Waals surface area contributed by atoms with Crippen LogP contribution in [-0.4, -0.2) is 39.2 Å².